The molecule has 130 valence electrons. The van der Waals surface area contributed by atoms with Gasteiger partial charge in [-0.25, -0.2) is 0 Å². The van der Waals surface area contributed by atoms with Crippen LogP contribution in [0.25, 0.3) is 0 Å². The quantitative estimate of drug-likeness (QED) is 0.359. The third kappa shape index (κ3) is 11.6. The van der Waals surface area contributed by atoms with Crippen molar-refractivity contribution in [3.63, 3.8) is 0 Å². The highest BCUT2D eigenvalue weighted by atomic mass is 32.1. The lowest BCUT2D eigenvalue weighted by Crippen LogP contribution is -1.82. The van der Waals surface area contributed by atoms with E-state index in [0.717, 1.165) is 0 Å². The smallest absolute Gasteiger partial charge is 0.00613 e. The van der Waals surface area contributed by atoms with E-state index in [1.54, 1.807) is 11.3 Å². The van der Waals surface area contributed by atoms with Gasteiger partial charge in [0.25, 0.3) is 0 Å². The number of rotatable bonds is 11. The first-order chi connectivity index (χ1) is 11.4. The lowest BCUT2D eigenvalue weighted by molar-refractivity contribution is 0.632. The molecule has 23 heavy (non-hydrogen) atoms. The molecule has 0 saturated carbocycles. The Kier molecular flexibility index (Phi) is 13.3. The Balaban J connectivity index is 0.000000231. The monoisotopic (exact) mass is 350 g/mol. The molecule has 2 rings (SSSR count). The molecule has 0 nitrogen and oxygen atoms in total. The fourth-order valence-corrected chi connectivity index (χ4v) is 3.96. The van der Waals surface area contributed by atoms with Crippen molar-refractivity contribution in [3.05, 3.63) is 44.8 Å². The van der Waals surface area contributed by atoms with Gasteiger partial charge in [-0.3, -0.25) is 0 Å². The summed E-state index contributed by atoms with van der Waals surface area (Å²) in [6.07, 6.45) is 15.0. The van der Waals surface area contributed by atoms with E-state index in [1.165, 1.54) is 81.8 Å². The fourth-order valence-electron chi connectivity index (χ4n) is 2.56. The van der Waals surface area contributed by atoms with E-state index >= 15 is 0 Å². The first-order valence-electron chi connectivity index (χ1n) is 9.39. The topological polar surface area (TPSA) is 0 Å². The molecule has 0 spiro atoms. The van der Waals surface area contributed by atoms with E-state index in [9.17, 15) is 0 Å². The molecule has 0 saturated heterocycles. The number of hydrogen-bond donors (Lipinski definition) is 0. The van der Waals surface area contributed by atoms with Crippen LogP contribution in [0.4, 0.5) is 0 Å². The molecule has 2 heteroatoms. The van der Waals surface area contributed by atoms with Gasteiger partial charge in [0, 0.05) is 0 Å². The van der Waals surface area contributed by atoms with Crippen LogP contribution in [-0.4, -0.2) is 0 Å². The summed E-state index contributed by atoms with van der Waals surface area (Å²) in [5, 5.41) is 8.85. The molecule has 2 aromatic rings. The van der Waals surface area contributed by atoms with E-state index in [2.05, 4.69) is 47.5 Å². The lowest BCUT2D eigenvalue weighted by Gasteiger charge is -1.97. The maximum atomic E-state index is 2.26. The van der Waals surface area contributed by atoms with Gasteiger partial charge < -0.3 is 0 Å². The lowest BCUT2D eigenvalue weighted by atomic mass is 10.1. The number of thiophene rings is 2. The summed E-state index contributed by atoms with van der Waals surface area (Å²) in [6.45, 7) is 4.52. The SMILES string of the molecule is CCCCCCCc1ccsc1.CCCCCCc1ccsc1. The Labute approximate surface area is 152 Å². The van der Waals surface area contributed by atoms with Crippen molar-refractivity contribution >= 4 is 22.7 Å². The highest BCUT2D eigenvalue weighted by Gasteiger charge is 1.93. The van der Waals surface area contributed by atoms with Crippen LogP contribution in [0, 0.1) is 0 Å². The van der Waals surface area contributed by atoms with E-state index < -0.39 is 0 Å². The van der Waals surface area contributed by atoms with Gasteiger partial charge in [0.2, 0.25) is 0 Å². The fraction of sp³-hybridized carbons (Fsp3) is 0.619. The third-order valence-electron chi connectivity index (χ3n) is 4.05. The zero-order chi connectivity index (χ0) is 16.6. The van der Waals surface area contributed by atoms with Crippen molar-refractivity contribution in [1.82, 2.24) is 0 Å². The summed E-state index contributed by atoms with van der Waals surface area (Å²) in [6, 6.07) is 4.47. The van der Waals surface area contributed by atoms with Crippen LogP contribution in [0.2, 0.25) is 0 Å². The molecule has 0 fully saturated rings. The summed E-state index contributed by atoms with van der Waals surface area (Å²) in [5.41, 5.74) is 3.04. The first kappa shape index (κ1) is 20.4. The Morgan fingerprint density at radius 3 is 1.43 bits per heavy atom. The molecule has 0 atom stereocenters. The summed E-state index contributed by atoms with van der Waals surface area (Å²) in [5.74, 6) is 0. The molecule has 0 radical (unpaired) electrons. The minimum Gasteiger partial charge on any atom is -0.152 e. The predicted octanol–water partition coefficient (Wildman–Crippen LogP) is 8.13. The second-order valence-corrected chi connectivity index (χ2v) is 7.80. The molecule has 2 heterocycles. The van der Waals surface area contributed by atoms with Gasteiger partial charge in [0.1, 0.15) is 0 Å². The van der Waals surface area contributed by atoms with Gasteiger partial charge in [0.05, 0.1) is 0 Å². The molecular formula is C21H34S2. The van der Waals surface area contributed by atoms with Crippen LogP contribution in [0.5, 0.6) is 0 Å². The Morgan fingerprint density at radius 1 is 0.609 bits per heavy atom. The second-order valence-electron chi connectivity index (χ2n) is 6.24. The third-order valence-corrected chi connectivity index (χ3v) is 5.51. The van der Waals surface area contributed by atoms with E-state index in [0.29, 0.717) is 0 Å². The van der Waals surface area contributed by atoms with Crippen LogP contribution in [0.1, 0.15) is 82.8 Å². The van der Waals surface area contributed by atoms with Gasteiger partial charge >= 0.3 is 0 Å². The predicted molar refractivity (Wildman–Crippen MR) is 109 cm³/mol. The molecule has 0 N–H and O–H groups in total. The summed E-state index contributed by atoms with van der Waals surface area (Å²) in [7, 11) is 0. The van der Waals surface area contributed by atoms with Crippen molar-refractivity contribution in [2.75, 3.05) is 0 Å². The molecule has 0 aliphatic carbocycles. The van der Waals surface area contributed by atoms with Crippen LogP contribution in [-0.2, 0) is 12.8 Å². The maximum absolute atomic E-state index is 2.26. The Hall–Kier alpha value is -0.600. The van der Waals surface area contributed by atoms with Crippen molar-refractivity contribution in [1.29, 1.82) is 0 Å². The van der Waals surface area contributed by atoms with Gasteiger partial charge in [-0.1, -0.05) is 58.8 Å². The molecule has 0 unspecified atom stereocenters. The van der Waals surface area contributed by atoms with Gasteiger partial charge in [-0.15, -0.1) is 0 Å². The second kappa shape index (κ2) is 15.0. The minimum absolute atomic E-state index is 1.28. The summed E-state index contributed by atoms with van der Waals surface area (Å²) >= 11 is 3.61. The van der Waals surface area contributed by atoms with Crippen molar-refractivity contribution < 1.29 is 0 Å². The molecule has 0 aliphatic rings. The van der Waals surface area contributed by atoms with Crippen LogP contribution >= 0.6 is 22.7 Å². The van der Waals surface area contributed by atoms with Crippen LogP contribution < -0.4 is 0 Å². The summed E-state index contributed by atoms with van der Waals surface area (Å²) < 4.78 is 0. The zero-order valence-corrected chi connectivity index (χ0v) is 16.7. The maximum Gasteiger partial charge on any atom is -0.00613 e. The highest BCUT2D eigenvalue weighted by Crippen LogP contribution is 2.12. The number of hydrogen-bond acceptors (Lipinski definition) is 2. The average Bonchev–Trinajstić information content (AvgIpc) is 3.26. The molecule has 0 bridgehead atoms. The Bertz CT molecular complexity index is 428. The largest absolute Gasteiger partial charge is 0.152 e. The summed E-state index contributed by atoms with van der Waals surface area (Å²) in [4.78, 5) is 0. The minimum atomic E-state index is 1.28. The standard InChI is InChI=1S/C11H18S.C10H16S/c1-2-3-4-5-6-7-11-8-9-12-10-11;1-2-3-4-5-6-10-7-8-11-9-10/h8-10H,2-7H2,1H3;7-9H,2-6H2,1H3. The Morgan fingerprint density at radius 2 is 1.04 bits per heavy atom. The normalized spacial score (nSPS) is 10.3. The van der Waals surface area contributed by atoms with Crippen molar-refractivity contribution in [2.45, 2.75) is 84.5 Å². The number of aryl methyl sites for hydroxylation is 2. The van der Waals surface area contributed by atoms with Crippen molar-refractivity contribution in [2.24, 2.45) is 0 Å². The van der Waals surface area contributed by atoms with Crippen LogP contribution in [0.15, 0.2) is 33.7 Å². The molecule has 0 aromatic carbocycles. The molecule has 2 aromatic heterocycles. The average molecular weight is 351 g/mol. The van der Waals surface area contributed by atoms with Gasteiger partial charge in [0.15, 0.2) is 0 Å². The van der Waals surface area contributed by atoms with E-state index in [1.807, 2.05) is 11.3 Å². The van der Waals surface area contributed by atoms with Crippen LogP contribution in [0.3, 0.4) is 0 Å². The molecular weight excluding hydrogens is 316 g/mol. The zero-order valence-electron chi connectivity index (χ0n) is 15.1. The number of unbranched alkanes of at least 4 members (excludes halogenated alkanes) is 7. The van der Waals surface area contributed by atoms with Gasteiger partial charge in [-0.05, 0) is 70.5 Å². The van der Waals surface area contributed by atoms with E-state index in [-0.39, 0.29) is 0 Å². The highest BCUT2D eigenvalue weighted by molar-refractivity contribution is 7.08. The first-order valence-corrected chi connectivity index (χ1v) is 11.3. The van der Waals surface area contributed by atoms with Crippen molar-refractivity contribution in [3.8, 4) is 0 Å². The van der Waals surface area contributed by atoms with Gasteiger partial charge in [-0.2, -0.15) is 22.7 Å². The van der Waals surface area contributed by atoms with E-state index in [4.69, 9.17) is 0 Å². The molecule has 0 amide bonds. The molecule has 0 aliphatic heterocycles.